The predicted molar refractivity (Wildman–Crippen MR) is 61.4 cm³/mol. The third kappa shape index (κ3) is 6.76. The largest absolute Gasteiger partial charge is 0.490 e. The first-order valence-electron chi connectivity index (χ1n) is 4.00. The molecule has 1 amide bonds. The van der Waals surface area contributed by atoms with E-state index >= 15 is 0 Å². The molecule has 0 aliphatic heterocycles. The first kappa shape index (κ1) is 15.7. The summed E-state index contributed by atoms with van der Waals surface area (Å²) in [5.41, 5.74) is 5.58. The molecule has 1 rings (SSSR count). The minimum Gasteiger partial charge on any atom is -0.475 e. The van der Waals surface area contributed by atoms with Crippen LogP contribution in [0, 0.1) is 3.57 Å². The van der Waals surface area contributed by atoms with Gasteiger partial charge in [0.05, 0.1) is 0 Å². The Bertz CT molecular complexity index is 403. The molecule has 3 N–H and O–H groups in total. The van der Waals surface area contributed by atoms with Gasteiger partial charge < -0.3 is 10.8 Å². The number of hydrogen-bond acceptors (Lipinski definition) is 2. The lowest BCUT2D eigenvalue weighted by Gasteiger charge is -1.93. The second kappa shape index (κ2) is 6.42. The van der Waals surface area contributed by atoms with Crippen molar-refractivity contribution in [3.8, 4) is 0 Å². The molecule has 0 aliphatic carbocycles. The lowest BCUT2D eigenvalue weighted by molar-refractivity contribution is -0.192. The third-order valence-corrected chi connectivity index (χ3v) is 2.09. The average Bonchev–Trinajstić information content (AvgIpc) is 2.17. The zero-order valence-electron chi connectivity index (χ0n) is 8.16. The van der Waals surface area contributed by atoms with Crippen LogP contribution >= 0.6 is 22.6 Å². The number of benzene rings is 1. The molecule has 0 spiro atoms. The van der Waals surface area contributed by atoms with Crippen molar-refractivity contribution in [3.63, 3.8) is 0 Å². The molecular weight excluding hydrogens is 354 g/mol. The highest BCUT2D eigenvalue weighted by Crippen LogP contribution is 2.13. The molecular formula is C9H7F3INO3. The van der Waals surface area contributed by atoms with Crippen molar-refractivity contribution < 1.29 is 27.9 Å². The Hall–Kier alpha value is -1.32. The fourth-order valence-electron chi connectivity index (χ4n) is 0.614. The summed E-state index contributed by atoms with van der Waals surface area (Å²) in [5, 5.41) is 7.12. The Kier molecular flexibility index (Phi) is 5.93. The second-order valence-corrected chi connectivity index (χ2v) is 3.92. The maximum Gasteiger partial charge on any atom is 0.490 e. The van der Waals surface area contributed by atoms with E-state index in [1.165, 1.54) is 0 Å². The Morgan fingerprint density at radius 3 is 1.76 bits per heavy atom. The highest BCUT2D eigenvalue weighted by molar-refractivity contribution is 14.1. The van der Waals surface area contributed by atoms with Crippen molar-refractivity contribution in [1.82, 2.24) is 0 Å². The zero-order chi connectivity index (χ0) is 13.6. The molecule has 4 nitrogen and oxygen atoms in total. The molecule has 17 heavy (non-hydrogen) atoms. The SMILES string of the molecule is NC(=O)c1ccc(I)cc1.O=C(O)C(F)(F)F. The number of aliphatic carboxylic acids is 1. The van der Waals surface area contributed by atoms with Gasteiger partial charge >= 0.3 is 12.1 Å². The van der Waals surface area contributed by atoms with Crippen molar-refractivity contribution in [3.05, 3.63) is 33.4 Å². The van der Waals surface area contributed by atoms with Gasteiger partial charge in [-0.2, -0.15) is 13.2 Å². The van der Waals surface area contributed by atoms with Crippen LogP contribution < -0.4 is 5.73 Å². The molecule has 1 aromatic carbocycles. The van der Waals surface area contributed by atoms with Gasteiger partial charge in [0, 0.05) is 9.13 Å². The molecule has 0 saturated carbocycles. The Balaban J connectivity index is 0.000000325. The van der Waals surface area contributed by atoms with Crippen LogP contribution in [0.1, 0.15) is 10.4 Å². The van der Waals surface area contributed by atoms with E-state index in [0.29, 0.717) is 5.56 Å². The zero-order valence-corrected chi connectivity index (χ0v) is 10.3. The van der Waals surface area contributed by atoms with E-state index in [2.05, 4.69) is 22.6 Å². The summed E-state index contributed by atoms with van der Waals surface area (Å²) in [6.07, 6.45) is -5.08. The van der Waals surface area contributed by atoms with E-state index in [1.807, 2.05) is 12.1 Å². The molecule has 0 unspecified atom stereocenters. The molecule has 0 fully saturated rings. The van der Waals surface area contributed by atoms with Gasteiger partial charge in [-0.3, -0.25) is 4.79 Å². The number of alkyl halides is 3. The molecule has 0 aliphatic rings. The smallest absolute Gasteiger partial charge is 0.475 e. The van der Waals surface area contributed by atoms with Gasteiger partial charge in [-0.25, -0.2) is 4.79 Å². The highest BCUT2D eigenvalue weighted by atomic mass is 127. The second-order valence-electron chi connectivity index (χ2n) is 2.67. The maximum absolute atomic E-state index is 10.6. The Morgan fingerprint density at radius 1 is 1.18 bits per heavy atom. The van der Waals surface area contributed by atoms with Crippen molar-refractivity contribution in [2.75, 3.05) is 0 Å². The van der Waals surface area contributed by atoms with Gasteiger partial charge in [-0.15, -0.1) is 0 Å². The van der Waals surface area contributed by atoms with Crippen LogP contribution in [0.2, 0.25) is 0 Å². The van der Waals surface area contributed by atoms with Crippen LogP contribution in [-0.2, 0) is 4.79 Å². The van der Waals surface area contributed by atoms with Gasteiger partial charge in [-0.05, 0) is 46.9 Å². The molecule has 0 radical (unpaired) electrons. The molecule has 0 bridgehead atoms. The number of rotatable bonds is 1. The van der Waals surface area contributed by atoms with Gasteiger partial charge in [0.1, 0.15) is 0 Å². The minimum absolute atomic E-state index is 0.378. The van der Waals surface area contributed by atoms with Gasteiger partial charge in [-0.1, -0.05) is 0 Å². The number of hydrogen-bond donors (Lipinski definition) is 2. The van der Waals surface area contributed by atoms with Crippen molar-refractivity contribution in [1.29, 1.82) is 0 Å². The van der Waals surface area contributed by atoms with Crippen molar-refractivity contribution >= 4 is 34.5 Å². The van der Waals surface area contributed by atoms with Crippen molar-refractivity contribution in [2.45, 2.75) is 6.18 Å². The lowest BCUT2D eigenvalue weighted by Crippen LogP contribution is -2.21. The van der Waals surface area contributed by atoms with Crippen molar-refractivity contribution in [2.24, 2.45) is 5.73 Å². The summed E-state index contributed by atoms with van der Waals surface area (Å²) < 4.78 is 32.8. The summed E-state index contributed by atoms with van der Waals surface area (Å²) in [4.78, 5) is 19.4. The van der Waals surface area contributed by atoms with E-state index in [0.717, 1.165) is 3.57 Å². The van der Waals surface area contributed by atoms with Gasteiger partial charge in [0.15, 0.2) is 0 Å². The Morgan fingerprint density at radius 2 is 1.53 bits per heavy atom. The van der Waals surface area contributed by atoms with Crippen LogP contribution in [0.5, 0.6) is 0 Å². The standard InChI is InChI=1S/C7H6INO.C2HF3O2/c8-6-3-1-5(2-4-6)7(9)10;3-2(4,5)1(6)7/h1-4H,(H2,9,10);(H,6,7). The van der Waals surface area contributed by atoms with Gasteiger partial charge in [0.25, 0.3) is 0 Å². The van der Waals surface area contributed by atoms with Gasteiger partial charge in [0.2, 0.25) is 5.91 Å². The summed E-state index contributed by atoms with van der Waals surface area (Å²) in [6.45, 7) is 0. The molecule has 8 heteroatoms. The first-order chi connectivity index (χ1) is 7.64. The third-order valence-electron chi connectivity index (χ3n) is 1.37. The number of carbonyl (C=O) groups excluding carboxylic acids is 1. The summed E-state index contributed by atoms with van der Waals surface area (Å²) >= 11 is 2.17. The first-order valence-corrected chi connectivity index (χ1v) is 5.08. The molecule has 94 valence electrons. The van der Waals surface area contributed by atoms with Crippen LogP contribution in [0.3, 0.4) is 0 Å². The van der Waals surface area contributed by atoms with Crippen LogP contribution in [0.25, 0.3) is 0 Å². The summed E-state index contributed by atoms with van der Waals surface area (Å²) in [7, 11) is 0. The topological polar surface area (TPSA) is 80.4 Å². The average molecular weight is 361 g/mol. The van der Waals surface area contributed by atoms with Crippen LogP contribution in [0.15, 0.2) is 24.3 Å². The number of halogens is 4. The molecule has 0 atom stereocenters. The monoisotopic (exact) mass is 361 g/mol. The number of nitrogens with two attached hydrogens (primary N) is 1. The Labute approximate surface area is 108 Å². The van der Waals surface area contributed by atoms with Crippen LogP contribution in [-0.4, -0.2) is 23.2 Å². The van der Waals surface area contributed by atoms with E-state index in [1.54, 1.807) is 12.1 Å². The summed E-state index contributed by atoms with van der Waals surface area (Å²) in [5.74, 6) is -3.14. The molecule has 0 aromatic heterocycles. The highest BCUT2D eigenvalue weighted by Gasteiger charge is 2.38. The maximum atomic E-state index is 10.6. The van der Waals surface area contributed by atoms with E-state index in [-0.39, 0.29) is 5.91 Å². The molecule has 0 saturated heterocycles. The molecule has 0 heterocycles. The van der Waals surface area contributed by atoms with E-state index in [9.17, 15) is 18.0 Å². The fraction of sp³-hybridized carbons (Fsp3) is 0.111. The van der Waals surface area contributed by atoms with Crippen LogP contribution in [0.4, 0.5) is 13.2 Å². The lowest BCUT2D eigenvalue weighted by atomic mass is 10.2. The fourth-order valence-corrected chi connectivity index (χ4v) is 0.974. The number of carbonyl (C=O) groups is 2. The quantitative estimate of drug-likeness (QED) is 0.752. The number of amides is 1. The minimum atomic E-state index is -5.08. The van der Waals surface area contributed by atoms with E-state index in [4.69, 9.17) is 15.6 Å². The number of carboxylic acids is 1. The number of primary amides is 1. The summed E-state index contributed by atoms with van der Waals surface area (Å²) in [6, 6.07) is 7.12. The van der Waals surface area contributed by atoms with E-state index < -0.39 is 12.1 Å². The normalized spacial score (nSPS) is 10.1. The predicted octanol–water partition coefficient (Wildman–Crippen LogP) is 2.02. The molecule has 1 aromatic rings. The number of carboxylic acid groups (broad SMARTS) is 1.